The average Bonchev–Trinajstić information content (AvgIpc) is 2.35. The van der Waals surface area contributed by atoms with Crippen molar-refractivity contribution in [3.63, 3.8) is 0 Å². The molecule has 0 unspecified atom stereocenters. The molecular weight excluding hydrogens is 252 g/mol. The molecule has 5 nitrogen and oxygen atoms in total. The van der Waals surface area contributed by atoms with Gasteiger partial charge < -0.3 is 25.1 Å². The van der Waals surface area contributed by atoms with E-state index in [1.165, 1.54) is 12.8 Å². The molecule has 0 radical (unpaired) electrons. The quantitative estimate of drug-likeness (QED) is 0.470. The molecule has 0 aromatic rings. The van der Waals surface area contributed by atoms with E-state index in [2.05, 4.69) is 38.0 Å². The van der Waals surface area contributed by atoms with E-state index >= 15 is 0 Å². The molecule has 0 aliphatic heterocycles. The summed E-state index contributed by atoms with van der Waals surface area (Å²) in [7, 11) is 8.47. The molecule has 0 bridgehead atoms. The predicted molar refractivity (Wildman–Crippen MR) is 86.8 cm³/mol. The van der Waals surface area contributed by atoms with Gasteiger partial charge in [0.25, 0.3) is 0 Å². The van der Waals surface area contributed by atoms with Gasteiger partial charge in [-0.3, -0.25) is 0 Å². The molecule has 0 amide bonds. The van der Waals surface area contributed by atoms with Crippen molar-refractivity contribution in [2.45, 2.75) is 19.3 Å². The van der Waals surface area contributed by atoms with Gasteiger partial charge in [0.05, 0.1) is 26.2 Å². The Morgan fingerprint density at radius 3 is 1.60 bits per heavy atom. The van der Waals surface area contributed by atoms with Crippen molar-refractivity contribution in [2.75, 3.05) is 80.6 Å². The van der Waals surface area contributed by atoms with Crippen LogP contribution in [0.2, 0.25) is 0 Å². The van der Waals surface area contributed by atoms with Gasteiger partial charge in [-0.05, 0) is 34.7 Å². The Bertz CT molecular complexity index is 208. The van der Waals surface area contributed by atoms with Crippen LogP contribution in [0.3, 0.4) is 0 Å². The Morgan fingerprint density at radius 2 is 1.25 bits per heavy atom. The molecule has 0 aromatic heterocycles. The minimum atomic E-state index is 0.272. The number of aliphatic hydroxyl groups excluding tert-OH is 1. The first-order valence-corrected chi connectivity index (χ1v) is 7.91. The van der Waals surface area contributed by atoms with Crippen LogP contribution in [0.25, 0.3) is 0 Å². The molecular formula is C15H37N4O+. The highest BCUT2D eigenvalue weighted by Crippen LogP contribution is 2.12. The monoisotopic (exact) mass is 289 g/mol. The Kier molecular flexibility index (Phi) is 11.3. The minimum Gasteiger partial charge on any atom is -0.391 e. The van der Waals surface area contributed by atoms with Crippen molar-refractivity contribution < 1.29 is 9.59 Å². The number of aliphatic hydroxyl groups is 1. The maximum Gasteiger partial charge on any atom is 0.102 e. The maximum absolute atomic E-state index is 9.45. The number of nitrogens with two attached hydrogens (primary N) is 1. The molecule has 0 saturated carbocycles. The highest BCUT2D eigenvalue weighted by atomic mass is 16.3. The third kappa shape index (κ3) is 9.66. The lowest BCUT2D eigenvalue weighted by molar-refractivity contribution is -0.928. The Hall–Kier alpha value is -0.200. The predicted octanol–water partition coefficient (Wildman–Crippen LogP) is 0.0477. The third-order valence-electron chi connectivity index (χ3n) is 3.89. The molecule has 5 heteroatoms. The molecule has 0 rings (SSSR count). The van der Waals surface area contributed by atoms with Crippen LogP contribution in [-0.2, 0) is 0 Å². The first-order chi connectivity index (χ1) is 9.45. The fourth-order valence-electron chi connectivity index (χ4n) is 2.75. The lowest BCUT2D eigenvalue weighted by Crippen LogP contribution is -2.53. The molecule has 0 fully saturated rings. The third-order valence-corrected chi connectivity index (χ3v) is 3.89. The molecule has 0 aliphatic carbocycles. The molecule has 0 heterocycles. The van der Waals surface area contributed by atoms with Crippen LogP contribution in [0, 0.1) is 0 Å². The second kappa shape index (κ2) is 11.5. The smallest absolute Gasteiger partial charge is 0.102 e. The zero-order chi connectivity index (χ0) is 15.4. The number of hydrogen-bond acceptors (Lipinski definition) is 4. The minimum absolute atomic E-state index is 0.272. The summed E-state index contributed by atoms with van der Waals surface area (Å²) in [6, 6.07) is 0. The largest absolute Gasteiger partial charge is 0.391 e. The summed E-state index contributed by atoms with van der Waals surface area (Å²) in [5.41, 5.74) is 5.70. The summed E-state index contributed by atoms with van der Waals surface area (Å²) in [6.45, 7) is 7.49. The van der Waals surface area contributed by atoms with Crippen molar-refractivity contribution in [3.8, 4) is 0 Å². The van der Waals surface area contributed by atoms with Gasteiger partial charge in [0, 0.05) is 32.4 Å². The van der Waals surface area contributed by atoms with E-state index in [1.54, 1.807) is 0 Å². The number of rotatable bonds is 13. The van der Waals surface area contributed by atoms with E-state index in [0.717, 1.165) is 56.7 Å². The van der Waals surface area contributed by atoms with Crippen molar-refractivity contribution in [1.82, 2.24) is 9.80 Å². The van der Waals surface area contributed by atoms with Crippen LogP contribution in [0.5, 0.6) is 0 Å². The number of quaternary nitrogens is 1. The van der Waals surface area contributed by atoms with Gasteiger partial charge in [-0.15, -0.1) is 0 Å². The van der Waals surface area contributed by atoms with Gasteiger partial charge in [0.2, 0.25) is 0 Å². The van der Waals surface area contributed by atoms with E-state index in [0.29, 0.717) is 0 Å². The molecule has 0 aromatic carbocycles. The van der Waals surface area contributed by atoms with Crippen molar-refractivity contribution >= 4 is 0 Å². The Morgan fingerprint density at radius 1 is 0.800 bits per heavy atom. The zero-order valence-electron chi connectivity index (χ0n) is 14.1. The maximum atomic E-state index is 9.45. The van der Waals surface area contributed by atoms with Crippen molar-refractivity contribution in [2.24, 2.45) is 5.73 Å². The highest BCUT2D eigenvalue weighted by Gasteiger charge is 2.25. The van der Waals surface area contributed by atoms with Crippen LogP contribution in [-0.4, -0.2) is 100 Å². The lowest BCUT2D eigenvalue weighted by atomic mass is 10.2. The molecule has 20 heavy (non-hydrogen) atoms. The standard InChI is InChI=1S/C15H37N4O/c1-17(2)9-6-12-19(14-15-20,11-5-8-16)13-7-10-18(3)4/h20H,5-16H2,1-4H3/q+1. The van der Waals surface area contributed by atoms with Gasteiger partial charge in [0.1, 0.15) is 6.54 Å². The fourth-order valence-corrected chi connectivity index (χ4v) is 2.75. The molecule has 0 aliphatic rings. The number of nitrogens with zero attached hydrogens (tertiary/aromatic N) is 3. The lowest BCUT2D eigenvalue weighted by Gasteiger charge is -2.39. The van der Waals surface area contributed by atoms with Crippen LogP contribution in [0.1, 0.15) is 19.3 Å². The van der Waals surface area contributed by atoms with E-state index in [1.807, 2.05) is 0 Å². The van der Waals surface area contributed by atoms with Crippen LogP contribution >= 0.6 is 0 Å². The highest BCUT2D eigenvalue weighted by molar-refractivity contribution is 4.53. The summed E-state index contributed by atoms with van der Waals surface area (Å²) in [5, 5.41) is 9.45. The van der Waals surface area contributed by atoms with Gasteiger partial charge in [-0.2, -0.15) is 0 Å². The summed E-state index contributed by atoms with van der Waals surface area (Å²) in [5.74, 6) is 0. The fraction of sp³-hybridized carbons (Fsp3) is 1.00. The Labute approximate surface area is 125 Å². The summed E-state index contributed by atoms with van der Waals surface area (Å²) in [4.78, 5) is 4.47. The molecule has 0 atom stereocenters. The van der Waals surface area contributed by atoms with Gasteiger partial charge >= 0.3 is 0 Å². The van der Waals surface area contributed by atoms with Gasteiger partial charge in [-0.1, -0.05) is 0 Å². The molecule has 0 saturated heterocycles. The summed E-state index contributed by atoms with van der Waals surface area (Å²) >= 11 is 0. The first kappa shape index (κ1) is 19.8. The average molecular weight is 289 g/mol. The van der Waals surface area contributed by atoms with E-state index < -0.39 is 0 Å². The zero-order valence-corrected chi connectivity index (χ0v) is 14.1. The van der Waals surface area contributed by atoms with E-state index in [4.69, 9.17) is 5.73 Å². The number of hydrogen-bond donors (Lipinski definition) is 2. The normalized spacial score (nSPS) is 12.6. The van der Waals surface area contributed by atoms with Crippen LogP contribution < -0.4 is 5.73 Å². The Balaban J connectivity index is 4.47. The molecule has 3 N–H and O–H groups in total. The molecule has 122 valence electrons. The van der Waals surface area contributed by atoms with Crippen LogP contribution in [0.4, 0.5) is 0 Å². The van der Waals surface area contributed by atoms with Gasteiger partial charge in [0.15, 0.2) is 0 Å². The van der Waals surface area contributed by atoms with Crippen molar-refractivity contribution in [1.29, 1.82) is 0 Å². The van der Waals surface area contributed by atoms with Gasteiger partial charge in [-0.25, -0.2) is 0 Å². The van der Waals surface area contributed by atoms with E-state index in [9.17, 15) is 5.11 Å². The topological polar surface area (TPSA) is 52.7 Å². The van der Waals surface area contributed by atoms with Crippen molar-refractivity contribution in [3.05, 3.63) is 0 Å². The van der Waals surface area contributed by atoms with E-state index in [-0.39, 0.29) is 6.61 Å². The van der Waals surface area contributed by atoms with Crippen LogP contribution in [0.15, 0.2) is 0 Å². The SMILES string of the molecule is CN(C)CCC[N+](CCO)(CCCN)CCCN(C)C. The summed E-state index contributed by atoms with van der Waals surface area (Å²) in [6.07, 6.45) is 3.41. The summed E-state index contributed by atoms with van der Waals surface area (Å²) < 4.78 is 1.02. The second-order valence-electron chi connectivity index (χ2n) is 6.42. The second-order valence-corrected chi connectivity index (χ2v) is 6.42. The first-order valence-electron chi connectivity index (χ1n) is 7.91. The molecule has 0 spiro atoms.